The number of nitrogens with zero attached hydrogens (tertiary/aromatic N) is 4. The number of fused-ring (bicyclic) bond motifs is 3. The maximum absolute atomic E-state index is 12.9. The first kappa shape index (κ1) is 15.5. The summed E-state index contributed by atoms with van der Waals surface area (Å²) in [5.74, 6) is 0. The molecule has 0 atom stereocenters. The van der Waals surface area contributed by atoms with Gasteiger partial charge in [-0.25, -0.2) is 0 Å². The molecule has 8 nitrogen and oxygen atoms in total. The first-order chi connectivity index (χ1) is 12.5. The van der Waals surface area contributed by atoms with Gasteiger partial charge in [0.15, 0.2) is 11.2 Å². The van der Waals surface area contributed by atoms with Crippen molar-refractivity contribution >= 4 is 27.9 Å². The molecule has 126 valence electrons. The van der Waals surface area contributed by atoms with E-state index in [0.29, 0.717) is 33.5 Å². The fraction of sp³-hybridized carbons (Fsp3) is 0.0556. The fourth-order valence-electron chi connectivity index (χ4n) is 2.97. The number of nitriles is 1. The SMILES string of the molecule is Cc1c(C#N)c(=O)n(-c2ccc([N+](=O)[O-])cc2)c2c1oc1cccnc12. The van der Waals surface area contributed by atoms with Gasteiger partial charge in [-0.1, -0.05) is 0 Å². The highest BCUT2D eigenvalue weighted by atomic mass is 16.6. The lowest BCUT2D eigenvalue weighted by atomic mass is 10.1. The van der Waals surface area contributed by atoms with Crippen LogP contribution in [0.5, 0.6) is 0 Å². The van der Waals surface area contributed by atoms with Crippen molar-refractivity contribution in [1.82, 2.24) is 9.55 Å². The Hall–Kier alpha value is -3.99. The van der Waals surface area contributed by atoms with E-state index >= 15 is 0 Å². The van der Waals surface area contributed by atoms with Gasteiger partial charge in [-0.2, -0.15) is 5.26 Å². The van der Waals surface area contributed by atoms with E-state index in [9.17, 15) is 20.2 Å². The van der Waals surface area contributed by atoms with Gasteiger partial charge >= 0.3 is 0 Å². The lowest BCUT2D eigenvalue weighted by Crippen LogP contribution is -2.22. The molecule has 4 rings (SSSR count). The van der Waals surface area contributed by atoms with Crippen LogP contribution in [-0.2, 0) is 0 Å². The maximum Gasteiger partial charge on any atom is 0.274 e. The number of benzene rings is 1. The number of aromatic nitrogens is 2. The molecule has 0 saturated carbocycles. The zero-order valence-electron chi connectivity index (χ0n) is 13.5. The summed E-state index contributed by atoms with van der Waals surface area (Å²) < 4.78 is 7.13. The standard InChI is InChI=1S/C18H10N4O4/c1-10-13(9-19)18(23)21(11-4-6-12(7-5-11)22(24)25)16-15-14(26-17(10)16)3-2-8-20-15/h2-8H,1H3. The minimum Gasteiger partial charge on any atom is -0.452 e. The summed E-state index contributed by atoms with van der Waals surface area (Å²) in [7, 11) is 0. The Labute approximate surface area is 145 Å². The fourth-order valence-corrected chi connectivity index (χ4v) is 2.97. The summed E-state index contributed by atoms with van der Waals surface area (Å²) in [5, 5.41) is 20.3. The smallest absolute Gasteiger partial charge is 0.274 e. The van der Waals surface area contributed by atoms with Crippen LogP contribution in [0.15, 0.2) is 51.8 Å². The Morgan fingerprint density at radius 1 is 1.27 bits per heavy atom. The number of non-ortho nitro benzene ring substituents is 1. The van der Waals surface area contributed by atoms with Gasteiger partial charge in [-0.15, -0.1) is 0 Å². The molecule has 0 N–H and O–H groups in total. The third kappa shape index (κ3) is 2.08. The van der Waals surface area contributed by atoms with Gasteiger partial charge in [0, 0.05) is 29.6 Å². The topological polar surface area (TPSA) is 115 Å². The van der Waals surface area contributed by atoms with Gasteiger partial charge in [-0.05, 0) is 31.2 Å². The van der Waals surface area contributed by atoms with Gasteiger partial charge in [0.2, 0.25) is 0 Å². The van der Waals surface area contributed by atoms with E-state index in [1.54, 1.807) is 25.3 Å². The molecular weight excluding hydrogens is 336 g/mol. The number of pyridine rings is 2. The van der Waals surface area contributed by atoms with Crippen LogP contribution in [-0.4, -0.2) is 14.5 Å². The van der Waals surface area contributed by atoms with Crippen LogP contribution in [0.2, 0.25) is 0 Å². The average Bonchev–Trinajstić information content (AvgIpc) is 3.02. The molecule has 1 aromatic carbocycles. The summed E-state index contributed by atoms with van der Waals surface area (Å²) in [6.07, 6.45) is 1.58. The van der Waals surface area contributed by atoms with Crippen LogP contribution in [0, 0.1) is 28.4 Å². The second-order valence-electron chi connectivity index (χ2n) is 5.66. The molecule has 0 radical (unpaired) electrons. The zero-order valence-corrected chi connectivity index (χ0v) is 13.5. The number of furan rings is 1. The number of hydrogen-bond donors (Lipinski definition) is 0. The number of nitro groups is 1. The average molecular weight is 346 g/mol. The Morgan fingerprint density at radius 3 is 2.65 bits per heavy atom. The van der Waals surface area contributed by atoms with E-state index < -0.39 is 10.5 Å². The van der Waals surface area contributed by atoms with Gasteiger partial charge in [-0.3, -0.25) is 24.5 Å². The van der Waals surface area contributed by atoms with E-state index in [4.69, 9.17) is 4.42 Å². The van der Waals surface area contributed by atoms with E-state index in [1.165, 1.54) is 28.8 Å². The highest BCUT2D eigenvalue weighted by Gasteiger charge is 2.22. The van der Waals surface area contributed by atoms with Crippen LogP contribution in [0.3, 0.4) is 0 Å². The lowest BCUT2D eigenvalue weighted by Gasteiger charge is -2.10. The third-order valence-electron chi connectivity index (χ3n) is 4.21. The molecule has 0 amide bonds. The number of rotatable bonds is 2. The first-order valence-corrected chi connectivity index (χ1v) is 7.60. The van der Waals surface area contributed by atoms with E-state index in [0.717, 1.165) is 0 Å². The summed E-state index contributed by atoms with van der Waals surface area (Å²) >= 11 is 0. The van der Waals surface area contributed by atoms with Crippen molar-refractivity contribution in [2.45, 2.75) is 6.92 Å². The molecule has 0 bridgehead atoms. The Balaban J connectivity index is 2.18. The molecule has 0 aliphatic rings. The molecule has 26 heavy (non-hydrogen) atoms. The molecule has 0 saturated heterocycles. The summed E-state index contributed by atoms with van der Waals surface area (Å²) in [4.78, 5) is 27.6. The van der Waals surface area contributed by atoms with Gasteiger partial charge in [0.25, 0.3) is 11.2 Å². The lowest BCUT2D eigenvalue weighted by molar-refractivity contribution is -0.384. The van der Waals surface area contributed by atoms with E-state index in [2.05, 4.69) is 4.98 Å². The number of hydrogen-bond acceptors (Lipinski definition) is 6. The van der Waals surface area contributed by atoms with Crippen LogP contribution in [0.4, 0.5) is 5.69 Å². The van der Waals surface area contributed by atoms with E-state index in [1.807, 2.05) is 6.07 Å². The molecule has 0 aliphatic carbocycles. The summed E-state index contributed by atoms with van der Waals surface area (Å²) in [6.45, 7) is 1.64. The van der Waals surface area contributed by atoms with Crippen molar-refractivity contribution in [1.29, 1.82) is 5.26 Å². The largest absolute Gasteiger partial charge is 0.452 e. The summed E-state index contributed by atoms with van der Waals surface area (Å²) in [5.41, 5.74) is 1.92. The van der Waals surface area contributed by atoms with E-state index in [-0.39, 0.29) is 11.3 Å². The van der Waals surface area contributed by atoms with Crippen molar-refractivity contribution in [3.05, 3.63) is 74.2 Å². The molecule has 3 heterocycles. The monoisotopic (exact) mass is 346 g/mol. The Kier molecular flexibility index (Phi) is 3.30. The molecular formula is C18H10N4O4. The molecule has 0 spiro atoms. The maximum atomic E-state index is 12.9. The van der Waals surface area contributed by atoms with Crippen molar-refractivity contribution in [3.8, 4) is 11.8 Å². The normalized spacial score (nSPS) is 10.9. The Morgan fingerprint density at radius 2 is 2.00 bits per heavy atom. The summed E-state index contributed by atoms with van der Waals surface area (Å²) in [6, 6.07) is 10.9. The van der Waals surface area contributed by atoms with Crippen LogP contribution >= 0.6 is 0 Å². The molecule has 4 aromatic rings. The predicted molar refractivity (Wildman–Crippen MR) is 93.2 cm³/mol. The second-order valence-corrected chi connectivity index (χ2v) is 5.66. The highest BCUT2D eigenvalue weighted by molar-refractivity contribution is 6.02. The predicted octanol–water partition coefficient (Wildman–Crippen LogP) is 3.22. The minimum absolute atomic E-state index is 0.0464. The molecule has 3 aromatic heterocycles. The minimum atomic E-state index is -0.528. The highest BCUT2D eigenvalue weighted by Crippen LogP contribution is 2.31. The van der Waals surface area contributed by atoms with Crippen LogP contribution in [0.25, 0.3) is 27.9 Å². The zero-order chi connectivity index (χ0) is 18.4. The van der Waals surface area contributed by atoms with Crippen molar-refractivity contribution in [3.63, 3.8) is 0 Å². The van der Waals surface area contributed by atoms with Gasteiger partial charge < -0.3 is 4.42 Å². The molecule has 0 aliphatic heterocycles. The molecule has 0 fully saturated rings. The molecule has 0 unspecified atom stereocenters. The van der Waals surface area contributed by atoms with Gasteiger partial charge in [0.1, 0.15) is 22.7 Å². The van der Waals surface area contributed by atoms with Gasteiger partial charge in [0.05, 0.1) is 4.92 Å². The first-order valence-electron chi connectivity index (χ1n) is 7.60. The van der Waals surface area contributed by atoms with Crippen molar-refractivity contribution < 1.29 is 9.34 Å². The third-order valence-corrected chi connectivity index (χ3v) is 4.21. The quantitative estimate of drug-likeness (QED) is 0.406. The van der Waals surface area contributed by atoms with Crippen molar-refractivity contribution in [2.75, 3.05) is 0 Å². The van der Waals surface area contributed by atoms with Crippen molar-refractivity contribution in [2.24, 2.45) is 0 Å². The number of aryl methyl sites for hydroxylation is 1. The number of nitro benzene ring substituents is 1. The molecule has 8 heteroatoms. The van der Waals surface area contributed by atoms with Crippen LogP contribution < -0.4 is 5.56 Å². The Bertz CT molecular complexity index is 1290. The second kappa shape index (κ2) is 5.53. The van der Waals surface area contributed by atoms with Crippen LogP contribution in [0.1, 0.15) is 11.1 Å².